The van der Waals surface area contributed by atoms with Gasteiger partial charge in [0.1, 0.15) is 5.75 Å². The Labute approximate surface area is 111 Å². The molecule has 0 fully saturated rings. The summed E-state index contributed by atoms with van der Waals surface area (Å²) in [6.45, 7) is 4.99. The maximum atomic E-state index is 11.3. The summed E-state index contributed by atoms with van der Waals surface area (Å²) in [6.07, 6.45) is -0.767. The molecule has 0 saturated carbocycles. The van der Waals surface area contributed by atoms with Crippen LogP contribution in [0.4, 0.5) is 0 Å². The number of rotatable bonds is 5. The van der Waals surface area contributed by atoms with Crippen molar-refractivity contribution in [2.75, 3.05) is 6.61 Å². The van der Waals surface area contributed by atoms with Gasteiger partial charge in [0, 0.05) is 0 Å². The number of ether oxygens (including phenoxy) is 2. The summed E-state index contributed by atoms with van der Waals surface area (Å²) in [4.78, 5) is 11.3. The SMILES string of the molecule is CC(C)OC(=O)COc1ccc([C@H](C)O)cc1Cl. The van der Waals surface area contributed by atoms with Gasteiger partial charge >= 0.3 is 5.97 Å². The number of esters is 1. The predicted octanol–water partition coefficient (Wildman–Crippen LogP) is 2.72. The lowest BCUT2D eigenvalue weighted by Crippen LogP contribution is -2.18. The van der Waals surface area contributed by atoms with Gasteiger partial charge in [0.2, 0.25) is 0 Å². The standard InChI is InChI=1S/C13H17ClO4/c1-8(2)18-13(16)7-17-12-5-4-10(9(3)15)6-11(12)14/h4-6,8-9,15H,7H2,1-3H3/t9-/m0/s1. The van der Waals surface area contributed by atoms with E-state index >= 15 is 0 Å². The third kappa shape index (κ3) is 4.55. The van der Waals surface area contributed by atoms with E-state index in [1.807, 2.05) is 0 Å². The number of benzene rings is 1. The molecule has 0 aliphatic rings. The van der Waals surface area contributed by atoms with Crippen LogP contribution < -0.4 is 4.74 Å². The van der Waals surface area contributed by atoms with Crippen molar-refractivity contribution in [3.05, 3.63) is 28.8 Å². The zero-order chi connectivity index (χ0) is 13.7. The van der Waals surface area contributed by atoms with Crippen molar-refractivity contribution in [2.45, 2.75) is 33.0 Å². The third-order valence-electron chi connectivity index (χ3n) is 2.15. The van der Waals surface area contributed by atoms with Gasteiger partial charge in [0.25, 0.3) is 0 Å². The molecule has 0 heterocycles. The van der Waals surface area contributed by atoms with Gasteiger partial charge in [-0.25, -0.2) is 4.79 Å². The van der Waals surface area contributed by atoms with E-state index in [1.54, 1.807) is 39.0 Å². The van der Waals surface area contributed by atoms with Gasteiger partial charge in [-0.3, -0.25) is 0 Å². The van der Waals surface area contributed by atoms with Gasteiger partial charge in [0.05, 0.1) is 17.2 Å². The average molecular weight is 273 g/mol. The largest absolute Gasteiger partial charge is 0.480 e. The van der Waals surface area contributed by atoms with Crippen LogP contribution in [0.15, 0.2) is 18.2 Å². The summed E-state index contributed by atoms with van der Waals surface area (Å²) in [7, 11) is 0. The molecule has 100 valence electrons. The van der Waals surface area contributed by atoms with E-state index in [2.05, 4.69) is 0 Å². The molecule has 0 aliphatic heterocycles. The van der Waals surface area contributed by atoms with Crippen LogP contribution in [0, 0.1) is 0 Å². The van der Waals surface area contributed by atoms with Crippen LogP contribution in [0.5, 0.6) is 5.75 Å². The molecule has 1 N–H and O–H groups in total. The fourth-order valence-corrected chi connectivity index (χ4v) is 1.57. The fraction of sp³-hybridized carbons (Fsp3) is 0.462. The second kappa shape index (κ2) is 6.61. The van der Waals surface area contributed by atoms with Crippen molar-refractivity contribution in [1.82, 2.24) is 0 Å². The highest BCUT2D eigenvalue weighted by molar-refractivity contribution is 6.32. The summed E-state index contributed by atoms with van der Waals surface area (Å²) in [5, 5.41) is 9.74. The zero-order valence-corrected chi connectivity index (χ0v) is 11.4. The number of aliphatic hydroxyl groups is 1. The Bertz CT molecular complexity index is 415. The Balaban J connectivity index is 2.60. The lowest BCUT2D eigenvalue weighted by atomic mass is 10.1. The molecule has 0 aliphatic carbocycles. The van der Waals surface area contributed by atoms with Crippen LogP contribution in [0.3, 0.4) is 0 Å². The van der Waals surface area contributed by atoms with Crippen molar-refractivity contribution >= 4 is 17.6 Å². The van der Waals surface area contributed by atoms with E-state index in [0.717, 1.165) is 0 Å². The van der Waals surface area contributed by atoms with Crippen LogP contribution in [-0.4, -0.2) is 23.8 Å². The second-order valence-corrected chi connectivity index (χ2v) is 4.60. The summed E-state index contributed by atoms with van der Waals surface area (Å²) < 4.78 is 10.2. The quantitative estimate of drug-likeness (QED) is 0.838. The Morgan fingerprint density at radius 2 is 2.06 bits per heavy atom. The molecule has 0 aromatic heterocycles. The summed E-state index contributed by atoms with van der Waals surface area (Å²) in [5.41, 5.74) is 0.692. The molecule has 5 heteroatoms. The number of carbonyl (C=O) groups is 1. The molecule has 0 radical (unpaired) electrons. The van der Waals surface area contributed by atoms with E-state index in [-0.39, 0.29) is 12.7 Å². The highest BCUT2D eigenvalue weighted by Gasteiger charge is 2.10. The predicted molar refractivity (Wildman–Crippen MR) is 68.8 cm³/mol. The monoisotopic (exact) mass is 272 g/mol. The number of hydrogen-bond donors (Lipinski definition) is 1. The van der Waals surface area contributed by atoms with Crippen molar-refractivity contribution in [2.24, 2.45) is 0 Å². The zero-order valence-electron chi connectivity index (χ0n) is 10.6. The van der Waals surface area contributed by atoms with Crippen LogP contribution in [-0.2, 0) is 9.53 Å². The topological polar surface area (TPSA) is 55.8 Å². The molecule has 4 nitrogen and oxygen atoms in total. The Morgan fingerprint density at radius 1 is 1.39 bits per heavy atom. The molecule has 0 unspecified atom stereocenters. The number of carbonyl (C=O) groups excluding carboxylic acids is 1. The third-order valence-corrected chi connectivity index (χ3v) is 2.45. The van der Waals surface area contributed by atoms with Crippen LogP contribution in [0.1, 0.15) is 32.4 Å². The van der Waals surface area contributed by atoms with Crippen molar-refractivity contribution in [3.8, 4) is 5.75 Å². The summed E-state index contributed by atoms with van der Waals surface area (Å²) in [5.74, 6) is -0.0533. The molecular formula is C13H17ClO4. The van der Waals surface area contributed by atoms with Crippen LogP contribution in [0.25, 0.3) is 0 Å². The molecule has 0 saturated heterocycles. The van der Waals surface area contributed by atoms with E-state index in [1.165, 1.54) is 0 Å². The minimum atomic E-state index is -0.595. The summed E-state index contributed by atoms with van der Waals surface area (Å²) >= 11 is 5.97. The van der Waals surface area contributed by atoms with Gasteiger partial charge in [-0.15, -0.1) is 0 Å². The molecule has 0 amide bonds. The molecule has 1 aromatic rings. The van der Waals surface area contributed by atoms with E-state index in [4.69, 9.17) is 21.1 Å². The minimum Gasteiger partial charge on any atom is -0.480 e. The minimum absolute atomic E-state index is 0.172. The lowest BCUT2D eigenvalue weighted by Gasteiger charge is -2.11. The van der Waals surface area contributed by atoms with Gasteiger partial charge in [-0.1, -0.05) is 17.7 Å². The van der Waals surface area contributed by atoms with Gasteiger partial charge < -0.3 is 14.6 Å². The molecular weight excluding hydrogens is 256 g/mol. The molecule has 0 spiro atoms. The maximum absolute atomic E-state index is 11.3. The van der Waals surface area contributed by atoms with Crippen LogP contribution >= 0.6 is 11.6 Å². The highest BCUT2D eigenvalue weighted by atomic mass is 35.5. The van der Waals surface area contributed by atoms with Crippen LogP contribution in [0.2, 0.25) is 5.02 Å². The smallest absolute Gasteiger partial charge is 0.344 e. The van der Waals surface area contributed by atoms with Crippen molar-refractivity contribution in [1.29, 1.82) is 0 Å². The number of aliphatic hydroxyl groups excluding tert-OH is 1. The highest BCUT2D eigenvalue weighted by Crippen LogP contribution is 2.27. The number of hydrogen-bond acceptors (Lipinski definition) is 4. The van der Waals surface area contributed by atoms with Crippen molar-refractivity contribution in [3.63, 3.8) is 0 Å². The Morgan fingerprint density at radius 3 is 2.56 bits per heavy atom. The molecule has 1 aromatic carbocycles. The Hall–Kier alpha value is -1.26. The molecule has 1 atom stereocenters. The first-order valence-corrected chi connectivity index (χ1v) is 6.07. The second-order valence-electron chi connectivity index (χ2n) is 4.19. The molecule has 18 heavy (non-hydrogen) atoms. The Kier molecular flexibility index (Phi) is 5.44. The maximum Gasteiger partial charge on any atom is 0.344 e. The van der Waals surface area contributed by atoms with Gasteiger partial charge in [-0.2, -0.15) is 0 Å². The average Bonchev–Trinajstić information content (AvgIpc) is 2.26. The first-order valence-electron chi connectivity index (χ1n) is 5.70. The fourth-order valence-electron chi connectivity index (χ4n) is 1.33. The van der Waals surface area contributed by atoms with E-state index in [0.29, 0.717) is 16.3 Å². The summed E-state index contributed by atoms with van der Waals surface area (Å²) in [6, 6.07) is 4.92. The van der Waals surface area contributed by atoms with Gasteiger partial charge in [-0.05, 0) is 38.5 Å². The normalized spacial score (nSPS) is 12.3. The number of halogens is 1. The van der Waals surface area contributed by atoms with Crippen molar-refractivity contribution < 1.29 is 19.4 Å². The van der Waals surface area contributed by atoms with E-state index in [9.17, 15) is 9.90 Å². The molecule has 0 bridgehead atoms. The van der Waals surface area contributed by atoms with E-state index < -0.39 is 12.1 Å². The first-order chi connectivity index (χ1) is 8.40. The first kappa shape index (κ1) is 14.8. The molecule has 1 rings (SSSR count). The van der Waals surface area contributed by atoms with Gasteiger partial charge in [0.15, 0.2) is 6.61 Å². The lowest BCUT2D eigenvalue weighted by molar-refractivity contribution is -0.149.